The molecule has 0 aliphatic heterocycles. The molecule has 0 unspecified atom stereocenters. The molecule has 0 fully saturated rings. The molecule has 0 spiro atoms. The van der Waals surface area contributed by atoms with Gasteiger partial charge in [0.1, 0.15) is 0 Å². The van der Waals surface area contributed by atoms with Gasteiger partial charge in [-0.05, 0) is 0 Å². The predicted molar refractivity (Wildman–Crippen MR) is 84.9 cm³/mol. The largest absolute Gasteiger partial charge is 0.343 e. The SMILES string of the molecule is [CH2-]CCCCCCCCCCCCCCCCC.[Ce]. The maximum atomic E-state index is 3.88. The van der Waals surface area contributed by atoms with Crippen molar-refractivity contribution >= 4 is 0 Å². The average Bonchev–Trinajstić information content (AvgIpc) is 2.39. The summed E-state index contributed by atoms with van der Waals surface area (Å²) in [5.74, 6) is 0. The van der Waals surface area contributed by atoms with Gasteiger partial charge in [0, 0.05) is 41.7 Å². The summed E-state index contributed by atoms with van der Waals surface area (Å²) in [6, 6.07) is 0. The molecule has 0 aliphatic carbocycles. The fourth-order valence-corrected chi connectivity index (χ4v) is 2.55. The summed E-state index contributed by atoms with van der Waals surface area (Å²) in [4.78, 5) is 0. The Morgan fingerprint density at radius 1 is 0.474 bits per heavy atom. The van der Waals surface area contributed by atoms with E-state index in [-0.39, 0.29) is 41.7 Å². The summed E-state index contributed by atoms with van der Waals surface area (Å²) in [5, 5.41) is 0. The van der Waals surface area contributed by atoms with E-state index in [0.717, 1.165) is 6.42 Å². The van der Waals surface area contributed by atoms with Crippen molar-refractivity contribution < 1.29 is 41.7 Å². The van der Waals surface area contributed by atoms with E-state index in [1.165, 1.54) is 96.3 Å². The molecule has 0 radical (unpaired) electrons. The first-order valence-electron chi connectivity index (χ1n) is 8.71. The van der Waals surface area contributed by atoms with Crippen molar-refractivity contribution in [3.8, 4) is 0 Å². The second kappa shape index (κ2) is 21.7. The van der Waals surface area contributed by atoms with Crippen molar-refractivity contribution in [2.45, 2.75) is 110 Å². The van der Waals surface area contributed by atoms with Crippen LogP contribution in [0.1, 0.15) is 110 Å². The molecule has 0 saturated heterocycles. The van der Waals surface area contributed by atoms with E-state index in [0.29, 0.717) is 0 Å². The van der Waals surface area contributed by atoms with Gasteiger partial charge in [0.25, 0.3) is 0 Å². The molecule has 114 valence electrons. The minimum absolute atomic E-state index is 0. The van der Waals surface area contributed by atoms with Gasteiger partial charge in [-0.15, -0.1) is 0 Å². The number of hydrogen-bond donors (Lipinski definition) is 0. The molecule has 0 nitrogen and oxygen atoms in total. The maximum Gasteiger partial charge on any atom is 0 e. The van der Waals surface area contributed by atoms with E-state index in [1.807, 2.05) is 0 Å². The second-order valence-electron chi connectivity index (χ2n) is 5.80. The number of rotatable bonds is 15. The molecule has 0 saturated carbocycles. The van der Waals surface area contributed by atoms with E-state index < -0.39 is 0 Å². The van der Waals surface area contributed by atoms with Gasteiger partial charge in [-0.2, -0.15) is 6.42 Å². The van der Waals surface area contributed by atoms with Crippen molar-refractivity contribution in [3.05, 3.63) is 6.92 Å². The van der Waals surface area contributed by atoms with Crippen LogP contribution in [0.4, 0.5) is 0 Å². The standard InChI is InChI=1S/C18H37.Ce/c1-3-5-7-9-11-13-15-17-18-16-14-12-10-8-6-4-2;/h1,3-18H2,2H3;/q-1;. The van der Waals surface area contributed by atoms with E-state index in [2.05, 4.69) is 13.8 Å². The fourth-order valence-electron chi connectivity index (χ4n) is 2.55. The Kier molecular flexibility index (Phi) is 25.8. The number of hydrogen-bond acceptors (Lipinski definition) is 0. The summed E-state index contributed by atoms with van der Waals surface area (Å²) >= 11 is 0. The zero-order chi connectivity index (χ0) is 13.3. The van der Waals surface area contributed by atoms with Crippen molar-refractivity contribution in [3.63, 3.8) is 0 Å². The van der Waals surface area contributed by atoms with Crippen LogP contribution in [0.3, 0.4) is 0 Å². The molecule has 0 bridgehead atoms. The Morgan fingerprint density at radius 3 is 1.00 bits per heavy atom. The van der Waals surface area contributed by atoms with Crippen LogP contribution in [0.25, 0.3) is 0 Å². The Balaban J connectivity index is 0. The molecular formula is C18H37Ce-. The van der Waals surface area contributed by atoms with Crippen LogP contribution in [-0.2, 0) is 0 Å². The van der Waals surface area contributed by atoms with Crippen molar-refractivity contribution in [1.82, 2.24) is 0 Å². The van der Waals surface area contributed by atoms with Gasteiger partial charge in [0.2, 0.25) is 0 Å². The fraction of sp³-hybridized carbons (Fsp3) is 0.944. The molecule has 0 aliphatic rings. The second-order valence-corrected chi connectivity index (χ2v) is 5.80. The monoisotopic (exact) mass is 393 g/mol. The van der Waals surface area contributed by atoms with E-state index in [9.17, 15) is 0 Å². The van der Waals surface area contributed by atoms with Crippen molar-refractivity contribution in [2.24, 2.45) is 0 Å². The molecular weight excluding hydrogens is 356 g/mol. The summed E-state index contributed by atoms with van der Waals surface area (Å²) in [6.07, 6.45) is 22.8. The minimum Gasteiger partial charge on any atom is -0.343 e. The molecule has 19 heavy (non-hydrogen) atoms. The molecule has 0 aromatic rings. The number of unbranched alkanes of at least 4 members (excludes halogenated alkanes) is 15. The molecule has 0 aromatic carbocycles. The molecule has 0 heterocycles. The normalized spacial score (nSPS) is 10.4. The van der Waals surface area contributed by atoms with E-state index in [4.69, 9.17) is 0 Å². The molecule has 0 amide bonds. The van der Waals surface area contributed by atoms with E-state index >= 15 is 0 Å². The zero-order valence-corrected chi connectivity index (χ0v) is 16.7. The third-order valence-electron chi connectivity index (χ3n) is 3.85. The van der Waals surface area contributed by atoms with Crippen molar-refractivity contribution in [1.29, 1.82) is 0 Å². The van der Waals surface area contributed by atoms with Crippen LogP contribution in [0.5, 0.6) is 0 Å². The predicted octanol–water partition coefficient (Wildman–Crippen LogP) is 7.08. The summed E-state index contributed by atoms with van der Waals surface area (Å²) < 4.78 is 0. The smallest absolute Gasteiger partial charge is 0 e. The van der Waals surface area contributed by atoms with Gasteiger partial charge >= 0.3 is 0 Å². The van der Waals surface area contributed by atoms with Gasteiger partial charge in [-0.1, -0.05) is 103 Å². The van der Waals surface area contributed by atoms with Crippen LogP contribution in [0, 0.1) is 48.7 Å². The van der Waals surface area contributed by atoms with Crippen LogP contribution in [-0.4, -0.2) is 0 Å². The van der Waals surface area contributed by atoms with Gasteiger partial charge < -0.3 is 6.92 Å². The van der Waals surface area contributed by atoms with Crippen LogP contribution in [0.15, 0.2) is 0 Å². The summed E-state index contributed by atoms with van der Waals surface area (Å²) in [5.41, 5.74) is 0. The zero-order valence-electron chi connectivity index (χ0n) is 13.5. The van der Waals surface area contributed by atoms with Crippen LogP contribution < -0.4 is 0 Å². The average molecular weight is 394 g/mol. The topological polar surface area (TPSA) is 0 Å². The Morgan fingerprint density at radius 2 is 0.737 bits per heavy atom. The Labute approximate surface area is 157 Å². The van der Waals surface area contributed by atoms with Gasteiger partial charge in [0.05, 0.1) is 0 Å². The van der Waals surface area contributed by atoms with Gasteiger partial charge in [-0.3, -0.25) is 0 Å². The molecule has 0 atom stereocenters. The third-order valence-corrected chi connectivity index (χ3v) is 3.85. The maximum absolute atomic E-state index is 3.88. The Hall–Kier alpha value is 1.38. The molecule has 1 heteroatoms. The van der Waals surface area contributed by atoms with Crippen LogP contribution >= 0.6 is 0 Å². The third kappa shape index (κ3) is 21.8. The first kappa shape index (κ1) is 22.7. The van der Waals surface area contributed by atoms with E-state index in [1.54, 1.807) is 0 Å². The first-order chi connectivity index (χ1) is 8.91. The van der Waals surface area contributed by atoms with Gasteiger partial charge in [-0.25, -0.2) is 0 Å². The quantitative estimate of drug-likeness (QED) is 0.206. The first-order valence-corrected chi connectivity index (χ1v) is 8.71. The van der Waals surface area contributed by atoms with Crippen molar-refractivity contribution in [2.75, 3.05) is 0 Å². The summed E-state index contributed by atoms with van der Waals surface area (Å²) in [7, 11) is 0. The van der Waals surface area contributed by atoms with Gasteiger partial charge in [0.15, 0.2) is 0 Å². The Bertz CT molecular complexity index is 118. The van der Waals surface area contributed by atoms with Crippen LogP contribution in [0.2, 0.25) is 0 Å². The molecule has 0 aromatic heterocycles. The molecule has 0 N–H and O–H groups in total. The molecule has 0 rings (SSSR count). The minimum atomic E-state index is 0. The summed E-state index contributed by atoms with van der Waals surface area (Å²) in [6.45, 7) is 6.18.